The molecule has 0 aliphatic rings. The van der Waals surface area contributed by atoms with Gasteiger partial charge < -0.3 is 10.2 Å². The monoisotopic (exact) mass is 336 g/mol. The molecule has 3 aromatic rings. The van der Waals surface area contributed by atoms with Crippen molar-refractivity contribution in [2.45, 2.75) is 6.92 Å². The first kappa shape index (κ1) is 12.5. The molecule has 3 rings (SSSR count). The second-order valence-electron chi connectivity index (χ2n) is 4.32. The molecule has 0 aliphatic heterocycles. The summed E-state index contributed by atoms with van der Waals surface area (Å²) in [5.74, 6) is 0.562. The average molecular weight is 338 g/mol. The lowest BCUT2D eigenvalue weighted by atomic mass is 10.1. The van der Waals surface area contributed by atoms with Gasteiger partial charge in [-0.3, -0.25) is 0 Å². The van der Waals surface area contributed by atoms with Crippen LogP contribution < -0.4 is 5.73 Å². The van der Waals surface area contributed by atoms with E-state index in [1.807, 2.05) is 25.1 Å². The number of rotatable bonds is 1. The van der Waals surface area contributed by atoms with Gasteiger partial charge in [-0.15, -0.1) is 0 Å². The second-order valence-corrected chi connectivity index (χ2v) is 5.59. The van der Waals surface area contributed by atoms with Crippen molar-refractivity contribution >= 4 is 44.3 Å². The zero-order chi connectivity index (χ0) is 13.6. The van der Waals surface area contributed by atoms with E-state index in [-0.39, 0.29) is 0 Å². The molecule has 0 unspecified atom stereocenters. The third-order valence-corrected chi connectivity index (χ3v) is 4.13. The van der Waals surface area contributed by atoms with Crippen LogP contribution in [0.1, 0.15) is 5.56 Å². The number of nitrogens with two attached hydrogens (primary N) is 1. The molecule has 0 amide bonds. The molecule has 0 saturated heterocycles. The van der Waals surface area contributed by atoms with Crippen LogP contribution in [0.3, 0.4) is 0 Å². The molecule has 96 valence electrons. The highest BCUT2D eigenvalue weighted by atomic mass is 79.9. The number of nitrogens with zero attached hydrogens (tertiary/aromatic N) is 1. The molecule has 0 bridgehead atoms. The number of aromatic nitrogens is 1. The largest absolute Gasteiger partial charge is 0.436 e. The van der Waals surface area contributed by atoms with E-state index < -0.39 is 0 Å². The van der Waals surface area contributed by atoms with Crippen LogP contribution in [0.5, 0.6) is 0 Å². The average Bonchev–Trinajstić information content (AvgIpc) is 2.76. The summed E-state index contributed by atoms with van der Waals surface area (Å²) in [6, 6.07) is 9.35. The van der Waals surface area contributed by atoms with Gasteiger partial charge in [-0.2, -0.15) is 0 Å². The lowest BCUT2D eigenvalue weighted by Gasteiger charge is -1.99. The van der Waals surface area contributed by atoms with Crippen molar-refractivity contribution in [3.63, 3.8) is 0 Å². The number of fused-ring (bicyclic) bond motifs is 1. The van der Waals surface area contributed by atoms with E-state index in [0.29, 0.717) is 27.7 Å². The van der Waals surface area contributed by atoms with E-state index in [1.165, 1.54) is 0 Å². The van der Waals surface area contributed by atoms with Crippen molar-refractivity contribution in [2.24, 2.45) is 0 Å². The fourth-order valence-electron chi connectivity index (χ4n) is 1.87. The van der Waals surface area contributed by atoms with Gasteiger partial charge >= 0.3 is 0 Å². The minimum absolute atomic E-state index is 0.485. The minimum Gasteiger partial charge on any atom is -0.436 e. The van der Waals surface area contributed by atoms with Crippen molar-refractivity contribution in [1.29, 1.82) is 0 Å². The van der Waals surface area contributed by atoms with Crippen LogP contribution in [0.4, 0.5) is 5.69 Å². The van der Waals surface area contributed by atoms with Gasteiger partial charge in [0.05, 0.1) is 10.7 Å². The Kier molecular flexibility index (Phi) is 2.99. The molecule has 1 aromatic heterocycles. The highest BCUT2D eigenvalue weighted by Crippen LogP contribution is 2.31. The molecule has 2 aromatic carbocycles. The van der Waals surface area contributed by atoms with Crippen molar-refractivity contribution < 1.29 is 4.42 Å². The van der Waals surface area contributed by atoms with Crippen LogP contribution in [-0.4, -0.2) is 4.98 Å². The Bertz CT molecular complexity index is 743. The number of benzene rings is 2. The topological polar surface area (TPSA) is 52.0 Å². The van der Waals surface area contributed by atoms with Crippen molar-refractivity contribution in [1.82, 2.24) is 4.98 Å². The van der Waals surface area contributed by atoms with Crippen molar-refractivity contribution in [3.05, 3.63) is 45.4 Å². The van der Waals surface area contributed by atoms with Gasteiger partial charge in [0.1, 0.15) is 5.52 Å². The zero-order valence-corrected chi connectivity index (χ0v) is 12.4. The Hall–Kier alpha value is -1.52. The van der Waals surface area contributed by atoms with Gasteiger partial charge in [-0.05, 0) is 36.8 Å². The predicted octanol–water partition coefficient (Wildman–Crippen LogP) is 4.80. The first-order valence-corrected chi connectivity index (χ1v) is 6.84. The maximum Gasteiger partial charge on any atom is 0.227 e. The minimum atomic E-state index is 0.485. The Morgan fingerprint density at radius 2 is 2.05 bits per heavy atom. The zero-order valence-electron chi connectivity index (χ0n) is 10.1. The van der Waals surface area contributed by atoms with Gasteiger partial charge in [0.25, 0.3) is 0 Å². The SMILES string of the molecule is Cc1cc(-c2nc3cc(Cl)c(N)cc3o2)ccc1Br. The molecule has 19 heavy (non-hydrogen) atoms. The molecule has 1 heterocycles. The van der Waals surface area contributed by atoms with Gasteiger partial charge in [-0.1, -0.05) is 27.5 Å². The fourth-order valence-corrected chi connectivity index (χ4v) is 2.27. The predicted molar refractivity (Wildman–Crippen MR) is 81.3 cm³/mol. The molecule has 0 saturated carbocycles. The number of anilines is 1. The van der Waals surface area contributed by atoms with Crippen LogP contribution in [-0.2, 0) is 0 Å². The first-order valence-electron chi connectivity index (χ1n) is 5.66. The Balaban J connectivity index is 2.17. The number of nitrogen functional groups attached to an aromatic ring is 1. The summed E-state index contributed by atoms with van der Waals surface area (Å²) in [6.45, 7) is 2.02. The fraction of sp³-hybridized carbons (Fsp3) is 0.0714. The van der Waals surface area contributed by atoms with Crippen LogP contribution >= 0.6 is 27.5 Å². The molecule has 2 N–H and O–H groups in total. The number of aryl methyl sites for hydroxylation is 1. The smallest absolute Gasteiger partial charge is 0.227 e. The maximum absolute atomic E-state index is 5.98. The summed E-state index contributed by atoms with van der Waals surface area (Å²) in [5.41, 5.74) is 9.63. The molecule has 0 aliphatic carbocycles. The van der Waals surface area contributed by atoms with Crippen molar-refractivity contribution in [2.75, 3.05) is 5.73 Å². The third kappa shape index (κ3) is 2.22. The molecule has 3 nitrogen and oxygen atoms in total. The number of oxazole rings is 1. The van der Waals surface area contributed by atoms with Gasteiger partial charge in [0.2, 0.25) is 5.89 Å². The number of halogens is 2. The highest BCUT2D eigenvalue weighted by molar-refractivity contribution is 9.10. The quantitative estimate of drug-likeness (QED) is 0.649. The van der Waals surface area contributed by atoms with Crippen LogP contribution in [0.2, 0.25) is 5.02 Å². The van der Waals surface area contributed by atoms with Crippen molar-refractivity contribution in [3.8, 4) is 11.5 Å². The van der Waals surface area contributed by atoms with E-state index >= 15 is 0 Å². The molecule has 0 spiro atoms. The van der Waals surface area contributed by atoms with E-state index in [1.54, 1.807) is 12.1 Å². The normalized spacial score (nSPS) is 11.1. The molecule has 5 heteroatoms. The van der Waals surface area contributed by atoms with Crippen LogP contribution in [0, 0.1) is 6.92 Å². The summed E-state index contributed by atoms with van der Waals surface area (Å²) in [6.07, 6.45) is 0. The standard InChI is InChI=1S/C14H10BrClN2O/c1-7-4-8(2-3-9(7)15)14-18-12-5-10(16)11(17)6-13(12)19-14/h2-6H,17H2,1H3. The molecule has 0 atom stereocenters. The molecular formula is C14H10BrClN2O. The first-order chi connectivity index (χ1) is 9.04. The molecular weight excluding hydrogens is 328 g/mol. The summed E-state index contributed by atoms with van der Waals surface area (Å²) < 4.78 is 6.77. The second kappa shape index (κ2) is 4.54. The van der Waals surface area contributed by atoms with E-state index in [9.17, 15) is 0 Å². The van der Waals surface area contributed by atoms with Gasteiger partial charge in [0, 0.05) is 16.1 Å². The van der Waals surface area contributed by atoms with Crippen LogP contribution in [0.15, 0.2) is 39.2 Å². The van der Waals surface area contributed by atoms with E-state index in [0.717, 1.165) is 15.6 Å². The van der Waals surface area contributed by atoms with E-state index in [4.69, 9.17) is 21.8 Å². The lowest BCUT2D eigenvalue weighted by Crippen LogP contribution is -1.84. The Morgan fingerprint density at radius 3 is 2.79 bits per heavy atom. The highest BCUT2D eigenvalue weighted by Gasteiger charge is 2.11. The Labute approximate surface area is 123 Å². The molecule has 0 fully saturated rings. The number of hydrogen-bond acceptors (Lipinski definition) is 3. The number of hydrogen-bond donors (Lipinski definition) is 1. The summed E-state index contributed by atoms with van der Waals surface area (Å²) in [4.78, 5) is 4.43. The third-order valence-electron chi connectivity index (χ3n) is 2.91. The lowest BCUT2D eigenvalue weighted by molar-refractivity contribution is 0.620. The Morgan fingerprint density at radius 1 is 1.26 bits per heavy atom. The summed E-state index contributed by atoms with van der Waals surface area (Å²) in [5, 5.41) is 0.485. The van der Waals surface area contributed by atoms with Crippen LogP contribution in [0.25, 0.3) is 22.6 Å². The van der Waals surface area contributed by atoms with Gasteiger partial charge in [0.15, 0.2) is 5.58 Å². The molecule has 0 radical (unpaired) electrons. The van der Waals surface area contributed by atoms with E-state index in [2.05, 4.69) is 20.9 Å². The maximum atomic E-state index is 5.98. The summed E-state index contributed by atoms with van der Waals surface area (Å²) in [7, 11) is 0. The van der Waals surface area contributed by atoms with Gasteiger partial charge in [-0.25, -0.2) is 4.98 Å². The summed E-state index contributed by atoms with van der Waals surface area (Å²) >= 11 is 9.45.